The number of ketones is 1. The van der Waals surface area contributed by atoms with Crippen LogP contribution in [0.2, 0.25) is 0 Å². The number of unbranched alkanes of at least 4 members (excludes halogenated alkanes) is 4. The van der Waals surface area contributed by atoms with Gasteiger partial charge in [0.05, 0.1) is 44.1 Å². The molecule has 36 heteroatoms. The second kappa shape index (κ2) is 48.9. The largest absolute Gasteiger partial charge is 0.497 e. The van der Waals surface area contributed by atoms with Crippen molar-refractivity contribution in [1.29, 1.82) is 0 Å². The number of amides is 13. The molecule has 1 aromatic carbocycles. The number of likely N-dealkylation sites (tertiary alicyclic amines) is 1. The number of nitrogens with two attached hydrogens (primary N) is 3. The molecule has 662 valence electrons. The first-order valence-electron chi connectivity index (χ1n) is 41.4. The van der Waals surface area contributed by atoms with Crippen LogP contribution in [0.15, 0.2) is 24.3 Å². The zero-order valence-corrected chi connectivity index (χ0v) is 71.3. The zero-order valence-electron chi connectivity index (χ0n) is 71.3. The first-order valence-corrected chi connectivity index (χ1v) is 41.4. The Labute approximate surface area is 691 Å². The molecule has 14 N–H and O–H groups in total. The molecule has 3 saturated heterocycles. The summed E-state index contributed by atoms with van der Waals surface area (Å²) in [7, 11) is 4.09. The molecule has 0 saturated carbocycles. The van der Waals surface area contributed by atoms with Crippen molar-refractivity contribution in [1.82, 2.24) is 51.5 Å². The number of nitrogens with zero attached hydrogens (tertiary/aromatic N) is 4. The summed E-state index contributed by atoms with van der Waals surface area (Å²) in [4.78, 5) is 245. The van der Waals surface area contributed by atoms with Gasteiger partial charge in [-0.3, -0.25) is 71.9 Å². The van der Waals surface area contributed by atoms with Gasteiger partial charge in [-0.05, 0) is 126 Å². The van der Waals surface area contributed by atoms with Crippen LogP contribution in [0, 0.1) is 29.6 Å². The Kier molecular flexibility index (Phi) is 41.6. The number of primary amides is 3. The third-order valence-electron chi connectivity index (χ3n) is 21.8. The molecule has 0 aromatic heterocycles. The number of benzene rings is 1. The number of aliphatic hydroxyl groups excluding tert-OH is 2. The minimum absolute atomic E-state index is 0.00717. The smallest absolute Gasteiger partial charge is 0.329 e. The molecule has 0 aliphatic carbocycles. The van der Waals surface area contributed by atoms with Crippen molar-refractivity contribution in [3.63, 3.8) is 0 Å². The number of Topliss-reactive ketones (excluding diaryl/α,β-unsaturated/α-hetero) is 1. The maximum atomic E-state index is 15.4. The normalized spacial score (nSPS) is 23.2. The predicted octanol–water partition coefficient (Wildman–Crippen LogP) is 1.23. The lowest BCUT2D eigenvalue weighted by molar-refractivity contribution is -0.163. The number of methoxy groups -OCH3 is 1. The fourth-order valence-electron chi connectivity index (χ4n) is 14.6. The molecule has 3 fully saturated rings. The number of rotatable bonds is 39. The summed E-state index contributed by atoms with van der Waals surface area (Å²) in [6.07, 6.45) is -6.53. The van der Waals surface area contributed by atoms with Crippen molar-refractivity contribution in [3.05, 3.63) is 29.8 Å². The number of carbonyl (C=O) groups excluding carboxylic acids is 17. The van der Waals surface area contributed by atoms with E-state index in [1.165, 1.54) is 46.9 Å². The first kappa shape index (κ1) is 100. The van der Waals surface area contributed by atoms with Crippen molar-refractivity contribution < 1.29 is 111 Å². The van der Waals surface area contributed by atoms with Crippen LogP contribution in [-0.4, -0.2) is 256 Å². The van der Waals surface area contributed by atoms with Crippen LogP contribution in [0.25, 0.3) is 0 Å². The molecule has 0 radical (unpaired) electrons. The number of nitrogens with one attached hydrogen (secondary N) is 6. The minimum Gasteiger partial charge on any atom is -0.497 e. The highest BCUT2D eigenvalue weighted by atomic mass is 16.6. The molecule has 0 bridgehead atoms. The number of esters is 3. The molecule has 13 amide bonds. The van der Waals surface area contributed by atoms with E-state index in [1.807, 2.05) is 20.8 Å². The Hall–Kier alpha value is -9.87. The van der Waals surface area contributed by atoms with Crippen LogP contribution < -0.4 is 53.8 Å². The van der Waals surface area contributed by atoms with E-state index in [1.54, 1.807) is 65.8 Å². The van der Waals surface area contributed by atoms with Gasteiger partial charge in [-0.15, -0.1) is 0 Å². The highest BCUT2D eigenvalue weighted by Crippen LogP contribution is 2.29. The van der Waals surface area contributed by atoms with E-state index in [4.69, 9.17) is 36.1 Å². The number of fused-ring (bicyclic) bond motifs is 1. The average Bonchev–Trinajstić information content (AvgIpc) is 1.61. The van der Waals surface area contributed by atoms with Crippen LogP contribution in [0.3, 0.4) is 0 Å². The molecule has 0 spiro atoms. The Morgan fingerprint density at radius 1 is 0.695 bits per heavy atom. The molecular weight excluding hydrogens is 1530 g/mol. The van der Waals surface area contributed by atoms with Crippen LogP contribution in [0.1, 0.15) is 223 Å². The zero-order chi connectivity index (χ0) is 88.7. The van der Waals surface area contributed by atoms with Gasteiger partial charge in [-0.1, -0.05) is 113 Å². The molecule has 4 rings (SSSR count). The molecule has 17 atom stereocenters. The van der Waals surface area contributed by atoms with Gasteiger partial charge in [-0.25, -0.2) is 9.59 Å². The van der Waals surface area contributed by atoms with Gasteiger partial charge in [0.15, 0.2) is 18.0 Å². The van der Waals surface area contributed by atoms with Gasteiger partial charge >= 0.3 is 17.9 Å². The van der Waals surface area contributed by atoms with Crippen LogP contribution >= 0.6 is 0 Å². The highest BCUT2D eigenvalue weighted by molar-refractivity contribution is 6.05. The molecule has 36 nitrogen and oxygen atoms in total. The van der Waals surface area contributed by atoms with Gasteiger partial charge in [0.2, 0.25) is 70.9 Å². The standard InChI is InChI=1S/C82H131N13O23/c1-16-18-19-20-21-24-52(96)42-66(101)86-54(31-34-63(83)98)73(105)87-55(32-35-64(84)99)74(106)88-56(33-36-65(85)100)81(113)117-50(12)77(109)94-37-22-25-58(94)79(111)92(13)60(40-45(5)6)75(107)91-69-49(11)116-82(114)61(41-51-27-29-53(115-15)30-28-51)93(14)80(112)59-26-23-38-95(59)78(110)57(39-44(3)4)89-72(104)48(10)70(103)71(46(7)8)118-67(102)43-62(97)68(47(9)17-2)90-76(69)108/h27-30,44-50,52,54-62,68-69,71,96-97H,16-26,31-43H2,1-15H3,(H2,83,98)(H2,84,99)(H2,85,100)(H,86,101)(H,87,105)(H,88,106)(H,89,104)(H,90,108)(H,91,107)/t47-,48-,49+,50-,52+,54-,55-,56-,57-,58-,59-,60+,61-,62-,68-,69-,71-/m0/s1. The number of carbonyl (C=O) groups is 17. The number of hydrogen-bond donors (Lipinski definition) is 11. The maximum absolute atomic E-state index is 15.4. The molecule has 3 aliphatic heterocycles. The summed E-state index contributed by atoms with van der Waals surface area (Å²) in [6.45, 7) is 19.4. The maximum Gasteiger partial charge on any atom is 0.329 e. The lowest BCUT2D eigenvalue weighted by atomic mass is 9.91. The van der Waals surface area contributed by atoms with E-state index in [-0.39, 0.29) is 70.4 Å². The van der Waals surface area contributed by atoms with Crippen molar-refractivity contribution in [2.45, 2.75) is 315 Å². The second-order valence-corrected chi connectivity index (χ2v) is 32.7. The summed E-state index contributed by atoms with van der Waals surface area (Å²) in [5, 5.41) is 38.1. The molecule has 1 aromatic rings. The van der Waals surface area contributed by atoms with Gasteiger partial charge in [0, 0.05) is 52.9 Å². The molecular formula is C82H131N13O23. The number of hydrogen-bond acceptors (Lipinski definition) is 23. The molecule has 118 heavy (non-hydrogen) atoms. The van der Waals surface area contributed by atoms with Gasteiger partial charge in [0.25, 0.3) is 5.91 Å². The number of ether oxygens (including phenoxy) is 4. The quantitative estimate of drug-likeness (QED) is 0.0191. The first-order chi connectivity index (χ1) is 55.5. The molecule has 3 aliphatic rings. The van der Waals surface area contributed by atoms with E-state index in [0.29, 0.717) is 30.6 Å². The number of likely N-dealkylation sites (N-methyl/N-ethyl adjacent to an activating group) is 2. The summed E-state index contributed by atoms with van der Waals surface area (Å²) in [5.74, 6) is -19.0. The molecule has 0 unspecified atom stereocenters. The third-order valence-corrected chi connectivity index (χ3v) is 21.8. The monoisotopic (exact) mass is 1670 g/mol. The Bertz CT molecular complexity index is 3640. The number of aliphatic hydroxyl groups is 2. The summed E-state index contributed by atoms with van der Waals surface area (Å²) >= 11 is 0. The van der Waals surface area contributed by atoms with Crippen molar-refractivity contribution in [2.75, 3.05) is 34.3 Å². The summed E-state index contributed by atoms with van der Waals surface area (Å²) in [5.41, 5.74) is 16.8. The van der Waals surface area contributed by atoms with E-state index in [9.17, 15) is 67.7 Å². The lowest BCUT2D eigenvalue weighted by Gasteiger charge is -2.36. The Balaban J connectivity index is 1.75. The van der Waals surface area contributed by atoms with Crippen LogP contribution in [-0.2, 0) is 102 Å². The Morgan fingerprint density at radius 3 is 1.83 bits per heavy atom. The van der Waals surface area contributed by atoms with Crippen LogP contribution in [0.5, 0.6) is 5.75 Å². The van der Waals surface area contributed by atoms with Crippen molar-refractivity contribution in [2.24, 2.45) is 46.8 Å². The van der Waals surface area contributed by atoms with Crippen LogP contribution in [0.4, 0.5) is 0 Å². The van der Waals surface area contributed by atoms with E-state index < -0.39 is 260 Å². The molecule has 3 heterocycles. The summed E-state index contributed by atoms with van der Waals surface area (Å²) in [6, 6.07) is -8.51. The van der Waals surface area contributed by atoms with Gasteiger partial charge in [-0.2, -0.15) is 0 Å². The van der Waals surface area contributed by atoms with Crippen molar-refractivity contribution >= 4 is 100 Å². The van der Waals surface area contributed by atoms with Gasteiger partial charge < -0.3 is 97.9 Å². The highest BCUT2D eigenvalue weighted by Gasteiger charge is 2.47. The SMILES string of the molecule is CCCCCCC[C@@H](O)CC(=O)N[C@@H](CCC(N)=O)C(=O)N[C@@H](CCC(N)=O)C(=O)N[C@@H](CCC(N)=O)C(=O)O[C@@H](C)C(=O)N1CCC[C@H]1C(=O)N(C)[C@H](CC(C)C)C(=O)N[C@@H]1C(=O)N[C@@H]([C@@H](C)CC)[C@@H](O)CC(=O)O[C@@H](C(C)C)C(=O)[C@H](C)C(=O)N[C@@H](CC(C)C)C(=O)N2CCC[C@H]2C(=O)N(C)[C@@H](Cc2ccc(OC)cc2)C(=O)O[C@@H]1C. The minimum atomic E-state index is -1.93. The lowest BCUT2D eigenvalue weighted by Crippen LogP contribution is -2.62. The average molecular weight is 1670 g/mol. The third kappa shape index (κ3) is 31.1. The fourth-order valence-corrected chi connectivity index (χ4v) is 14.6. The van der Waals surface area contributed by atoms with E-state index >= 15 is 24.0 Å². The topological polar surface area (TPSA) is 531 Å². The Morgan fingerprint density at radius 2 is 1.27 bits per heavy atom. The number of cyclic esters (lactones) is 2. The predicted molar refractivity (Wildman–Crippen MR) is 429 cm³/mol. The van der Waals surface area contributed by atoms with E-state index in [0.717, 1.165) is 40.4 Å². The summed E-state index contributed by atoms with van der Waals surface area (Å²) < 4.78 is 23.0. The fraction of sp³-hybridized carbons (Fsp3) is 0.720. The second-order valence-electron chi connectivity index (χ2n) is 32.7. The van der Waals surface area contributed by atoms with Crippen molar-refractivity contribution in [3.8, 4) is 5.75 Å². The van der Waals surface area contributed by atoms with Gasteiger partial charge in [0.1, 0.15) is 66.2 Å². The van der Waals surface area contributed by atoms with E-state index in [2.05, 4.69) is 31.9 Å².